The molecule has 1 amide bonds. The summed E-state index contributed by atoms with van der Waals surface area (Å²) >= 11 is 0. The molecule has 254 valence electrons. The minimum Gasteiger partial charge on any atom is -0.497 e. The van der Waals surface area contributed by atoms with Crippen molar-refractivity contribution in [2.75, 3.05) is 26.1 Å². The Balaban J connectivity index is 1.19. The van der Waals surface area contributed by atoms with Crippen molar-refractivity contribution >= 4 is 22.8 Å². The van der Waals surface area contributed by atoms with Crippen molar-refractivity contribution in [1.82, 2.24) is 14.5 Å². The van der Waals surface area contributed by atoms with E-state index in [0.29, 0.717) is 28.8 Å². The highest BCUT2D eigenvalue weighted by atomic mass is 16.6. The lowest BCUT2D eigenvalue weighted by Crippen LogP contribution is -2.38. The smallest absolute Gasteiger partial charge is 0.256 e. The molecule has 0 bridgehead atoms. The minimum atomic E-state index is -1.06. The number of nitrogens with one attached hydrogen (secondary N) is 1. The number of methoxy groups -OCH3 is 2. The fourth-order valence-corrected chi connectivity index (χ4v) is 6.67. The van der Waals surface area contributed by atoms with E-state index in [4.69, 9.17) is 18.9 Å². The van der Waals surface area contributed by atoms with E-state index in [1.54, 1.807) is 26.4 Å². The van der Waals surface area contributed by atoms with Crippen LogP contribution in [0.25, 0.3) is 11.0 Å². The Labute approximate surface area is 290 Å². The van der Waals surface area contributed by atoms with Crippen LogP contribution in [-0.2, 0) is 15.1 Å². The number of aliphatic hydroxyl groups is 1. The van der Waals surface area contributed by atoms with Gasteiger partial charge in [-0.2, -0.15) is 0 Å². The highest BCUT2D eigenvalue weighted by molar-refractivity contribution is 6.08. The minimum absolute atomic E-state index is 0.0795. The summed E-state index contributed by atoms with van der Waals surface area (Å²) in [5.41, 5.74) is 3.60. The van der Waals surface area contributed by atoms with E-state index >= 15 is 0 Å². The average Bonchev–Trinajstić information content (AvgIpc) is 3.72. The van der Waals surface area contributed by atoms with Gasteiger partial charge in [-0.1, -0.05) is 72.8 Å². The van der Waals surface area contributed by atoms with E-state index < -0.39 is 24.0 Å². The fourth-order valence-electron chi connectivity index (χ4n) is 6.67. The van der Waals surface area contributed by atoms with Crippen LogP contribution in [0.3, 0.4) is 0 Å². The largest absolute Gasteiger partial charge is 0.497 e. The molecule has 1 fully saturated rings. The number of benzene rings is 4. The summed E-state index contributed by atoms with van der Waals surface area (Å²) in [6, 6.07) is 34.6. The Morgan fingerprint density at radius 1 is 0.860 bits per heavy atom. The lowest BCUT2D eigenvalue weighted by atomic mass is 9.80. The SMILES string of the molecule is COc1ccc(C(OC[C@H]2O[C@H](n3cc(C)c4c(NC(=O)c5ccccc5)ncnc43)C[C@@H]2O)(c2ccccc2)c2ccc(OC)cc2)cc1. The number of fused-ring (bicyclic) bond motifs is 1. The van der Waals surface area contributed by atoms with Gasteiger partial charge in [0.2, 0.25) is 0 Å². The molecule has 1 aliphatic rings. The summed E-state index contributed by atoms with van der Waals surface area (Å²) in [5, 5.41) is 15.0. The number of anilines is 1. The van der Waals surface area contributed by atoms with Gasteiger partial charge in [0.15, 0.2) is 0 Å². The van der Waals surface area contributed by atoms with Gasteiger partial charge in [-0.25, -0.2) is 9.97 Å². The van der Waals surface area contributed by atoms with E-state index in [9.17, 15) is 9.90 Å². The van der Waals surface area contributed by atoms with E-state index in [2.05, 4.69) is 15.3 Å². The number of hydrogen-bond donors (Lipinski definition) is 2. The van der Waals surface area contributed by atoms with Crippen LogP contribution in [-0.4, -0.2) is 58.6 Å². The van der Waals surface area contributed by atoms with Gasteiger partial charge in [-0.3, -0.25) is 4.79 Å². The molecule has 1 aliphatic heterocycles. The number of rotatable bonds is 11. The lowest BCUT2D eigenvalue weighted by Gasteiger charge is -2.37. The third-order valence-corrected chi connectivity index (χ3v) is 9.22. The lowest BCUT2D eigenvalue weighted by molar-refractivity contribution is -0.0930. The first-order valence-corrected chi connectivity index (χ1v) is 16.4. The quantitative estimate of drug-likeness (QED) is 0.147. The van der Waals surface area contributed by atoms with Crippen molar-refractivity contribution in [2.24, 2.45) is 0 Å². The molecule has 0 aliphatic carbocycles. The maximum absolute atomic E-state index is 13.0. The van der Waals surface area contributed by atoms with E-state index in [-0.39, 0.29) is 12.5 Å². The molecule has 3 heterocycles. The second-order valence-corrected chi connectivity index (χ2v) is 12.2. The van der Waals surface area contributed by atoms with E-state index in [0.717, 1.165) is 33.8 Å². The molecule has 7 rings (SSSR count). The Morgan fingerprint density at radius 3 is 2.04 bits per heavy atom. The first-order valence-electron chi connectivity index (χ1n) is 16.4. The normalized spacial score (nSPS) is 17.5. The molecule has 10 heteroatoms. The van der Waals surface area contributed by atoms with Crippen LogP contribution in [0.5, 0.6) is 11.5 Å². The molecule has 6 aromatic rings. The zero-order valence-corrected chi connectivity index (χ0v) is 28.0. The van der Waals surface area contributed by atoms with Gasteiger partial charge in [0.1, 0.15) is 47.2 Å². The maximum atomic E-state index is 13.0. The molecule has 0 saturated carbocycles. The molecule has 10 nitrogen and oxygen atoms in total. The number of carbonyl (C=O) groups excluding carboxylic acids is 1. The maximum Gasteiger partial charge on any atom is 0.256 e. The highest BCUT2D eigenvalue weighted by Gasteiger charge is 2.42. The fraction of sp³-hybridized carbons (Fsp3) is 0.225. The molecule has 0 radical (unpaired) electrons. The van der Waals surface area contributed by atoms with Crippen LogP contribution < -0.4 is 14.8 Å². The van der Waals surface area contributed by atoms with Crippen LogP contribution >= 0.6 is 0 Å². The van der Waals surface area contributed by atoms with Crippen LogP contribution in [0.15, 0.2) is 122 Å². The summed E-state index contributed by atoms with van der Waals surface area (Å²) in [6.07, 6.45) is 1.64. The monoisotopic (exact) mass is 670 g/mol. The van der Waals surface area contributed by atoms with Gasteiger partial charge in [-0.15, -0.1) is 0 Å². The van der Waals surface area contributed by atoms with Gasteiger partial charge in [-0.05, 0) is 65.6 Å². The zero-order chi connectivity index (χ0) is 34.7. The van der Waals surface area contributed by atoms with Crippen molar-refractivity contribution < 1.29 is 28.8 Å². The van der Waals surface area contributed by atoms with Gasteiger partial charge in [0, 0.05) is 18.2 Å². The zero-order valence-electron chi connectivity index (χ0n) is 28.0. The first-order chi connectivity index (χ1) is 24.4. The number of amides is 1. The molecular weight excluding hydrogens is 632 g/mol. The standard InChI is InChI=1S/C40H38N4O6/c1-26-23-44(38-36(26)37(41-25-42-38)43-39(46)27-10-6-4-7-11-27)35-22-33(45)34(50-35)24-49-40(28-12-8-5-9-13-28,29-14-18-31(47-2)19-15-29)30-16-20-32(48-3)21-17-30/h4-21,23,25,33-35,45H,22,24H2,1-3H3,(H,41,42,43,46)/t33-,34+,35-/m0/s1. The molecular formula is C40H38N4O6. The van der Waals surface area contributed by atoms with Crippen molar-refractivity contribution in [2.45, 2.75) is 37.4 Å². The van der Waals surface area contributed by atoms with Crippen LogP contribution in [0, 0.1) is 6.92 Å². The third-order valence-electron chi connectivity index (χ3n) is 9.22. The Morgan fingerprint density at radius 2 is 1.44 bits per heavy atom. The molecule has 1 saturated heterocycles. The average molecular weight is 671 g/mol. The highest BCUT2D eigenvalue weighted by Crippen LogP contribution is 2.43. The van der Waals surface area contributed by atoms with Crippen LogP contribution in [0.2, 0.25) is 0 Å². The Hall–Kier alpha value is -5.55. The van der Waals surface area contributed by atoms with Crippen LogP contribution in [0.1, 0.15) is 45.3 Å². The number of nitrogens with zero attached hydrogens (tertiary/aromatic N) is 3. The molecule has 0 unspecified atom stereocenters. The second kappa shape index (κ2) is 14.1. The first kappa shape index (κ1) is 33.0. The van der Waals surface area contributed by atoms with Crippen molar-refractivity contribution in [3.05, 3.63) is 150 Å². The predicted molar refractivity (Wildman–Crippen MR) is 189 cm³/mol. The molecule has 4 aromatic carbocycles. The number of aryl methyl sites for hydroxylation is 1. The molecule has 0 spiro atoms. The summed E-state index contributed by atoms with van der Waals surface area (Å²) in [5.74, 6) is 1.59. The summed E-state index contributed by atoms with van der Waals surface area (Å²) < 4.78 is 26.4. The number of ether oxygens (including phenoxy) is 4. The summed E-state index contributed by atoms with van der Waals surface area (Å²) in [6.45, 7) is 2.01. The van der Waals surface area contributed by atoms with Gasteiger partial charge in [0.05, 0.1) is 32.3 Å². The number of hydrogen-bond acceptors (Lipinski definition) is 8. The van der Waals surface area contributed by atoms with Crippen molar-refractivity contribution in [3.8, 4) is 11.5 Å². The van der Waals surface area contributed by atoms with E-state index in [1.807, 2.05) is 115 Å². The molecule has 2 N–H and O–H groups in total. The van der Waals surface area contributed by atoms with Crippen molar-refractivity contribution in [1.29, 1.82) is 0 Å². The molecule has 2 aromatic heterocycles. The van der Waals surface area contributed by atoms with E-state index in [1.165, 1.54) is 6.33 Å². The predicted octanol–water partition coefficient (Wildman–Crippen LogP) is 6.67. The molecule has 50 heavy (non-hydrogen) atoms. The second-order valence-electron chi connectivity index (χ2n) is 12.2. The topological polar surface area (TPSA) is 117 Å². The third kappa shape index (κ3) is 6.20. The van der Waals surface area contributed by atoms with Crippen molar-refractivity contribution in [3.63, 3.8) is 0 Å². The van der Waals surface area contributed by atoms with Gasteiger partial charge in [0.25, 0.3) is 5.91 Å². The molecule has 3 atom stereocenters. The van der Waals surface area contributed by atoms with Crippen LogP contribution in [0.4, 0.5) is 5.82 Å². The van der Waals surface area contributed by atoms with Gasteiger partial charge < -0.3 is 33.9 Å². The summed E-state index contributed by atoms with van der Waals surface area (Å²) in [4.78, 5) is 21.9. The Bertz CT molecular complexity index is 2020. The van der Waals surface area contributed by atoms with Gasteiger partial charge >= 0.3 is 0 Å². The number of aromatic nitrogens is 3. The number of aliphatic hydroxyl groups excluding tert-OH is 1. The summed E-state index contributed by atoms with van der Waals surface area (Å²) in [7, 11) is 3.27. The number of carbonyl (C=O) groups is 1. The Kier molecular flexibility index (Phi) is 9.31.